The number of hydrogen-bond acceptors (Lipinski definition) is 1. The summed E-state index contributed by atoms with van der Waals surface area (Å²) in [4.78, 5) is 3.72. The van der Waals surface area contributed by atoms with E-state index in [9.17, 15) is 4.39 Å². The SMILES string of the molecule is Fc1ccnc(Br)c1. The first-order valence-corrected chi connectivity index (χ1v) is 2.85. The molecule has 1 nitrogen and oxygen atoms in total. The molecule has 8 heavy (non-hydrogen) atoms. The van der Waals surface area contributed by atoms with Crippen molar-refractivity contribution in [2.75, 3.05) is 0 Å². The number of hydrogen-bond donors (Lipinski definition) is 0. The molecule has 0 aliphatic carbocycles. The van der Waals surface area contributed by atoms with Gasteiger partial charge in [0, 0.05) is 12.3 Å². The predicted molar refractivity (Wildman–Crippen MR) is 31.9 cm³/mol. The van der Waals surface area contributed by atoms with Crippen LogP contribution in [0.5, 0.6) is 0 Å². The summed E-state index contributed by atoms with van der Waals surface area (Å²) in [7, 11) is 0. The topological polar surface area (TPSA) is 12.9 Å². The molecule has 3 heteroatoms. The summed E-state index contributed by atoms with van der Waals surface area (Å²) in [6, 6.07) is 2.60. The summed E-state index contributed by atoms with van der Waals surface area (Å²) in [5, 5.41) is 0. The highest BCUT2D eigenvalue weighted by atomic mass is 79.9. The molecule has 0 amide bonds. The highest BCUT2D eigenvalue weighted by molar-refractivity contribution is 9.10. The Kier molecular flexibility index (Phi) is 1.58. The van der Waals surface area contributed by atoms with Gasteiger partial charge in [-0.15, -0.1) is 0 Å². The lowest BCUT2D eigenvalue weighted by Gasteiger charge is -1.85. The molecule has 1 aromatic heterocycles. The van der Waals surface area contributed by atoms with Crippen molar-refractivity contribution in [3.63, 3.8) is 0 Å². The van der Waals surface area contributed by atoms with Crippen molar-refractivity contribution in [1.29, 1.82) is 0 Å². The molecule has 1 aromatic rings. The molecule has 0 unspecified atom stereocenters. The molecular weight excluding hydrogens is 173 g/mol. The van der Waals surface area contributed by atoms with Crippen molar-refractivity contribution in [1.82, 2.24) is 4.98 Å². The Morgan fingerprint density at radius 2 is 2.38 bits per heavy atom. The van der Waals surface area contributed by atoms with E-state index in [2.05, 4.69) is 20.9 Å². The fourth-order valence-corrected chi connectivity index (χ4v) is 0.716. The minimum atomic E-state index is -0.271. The lowest BCUT2D eigenvalue weighted by atomic mass is 10.5. The number of pyridine rings is 1. The average Bonchev–Trinajstić information content (AvgIpc) is 1.64. The smallest absolute Gasteiger partial charge is 0.127 e. The summed E-state index contributed by atoms with van der Waals surface area (Å²) in [5.74, 6) is -0.271. The predicted octanol–water partition coefficient (Wildman–Crippen LogP) is 1.98. The Hall–Kier alpha value is -0.440. The summed E-state index contributed by atoms with van der Waals surface area (Å²) in [5.41, 5.74) is 0. The first-order valence-electron chi connectivity index (χ1n) is 2.06. The molecule has 1 rings (SSSR count). The van der Waals surface area contributed by atoms with E-state index >= 15 is 0 Å². The molecule has 0 radical (unpaired) electrons. The standard InChI is InChI=1S/C5H3BrFN/c6-5-3-4(7)1-2-8-5/h1-3H. The van der Waals surface area contributed by atoms with Crippen molar-refractivity contribution in [2.45, 2.75) is 0 Å². The van der Waals surface area contributed by atoms with Crippen molar-refractivity contribution in [3.8, 4) is 0 Å². The Balaban J connectivity index is 3.08. The number of nitrogens with zero attached hydrogens (tertiary/aromatic N) is 1. The molecule has 1 heterocycles. The third-order valence-electron chi connectivity index (χ3n) is 0.689. The molecule has 0 fully saturated rings. The number of rotatable bonds is 0. The molecule has 0 aliphatic heterocycles. The van der Waals surface area contributed by atoms with E-state index in [1.807, 2.05) is 0 Å². The monoisotopic (exact) mass is 175 g/mol. The quantitative estimate of drug-likeness (QED) is 0.550. The lowest BCUT2D eigenvalue weighted by molar-refractivity contribution is 0.624. The second-order valence-electron chi connectivity index (χ2n) is 1.30. The van der Waals surface area contributed by atoms with Crippen LogP contribution in [0, 0.1) is 5.82 Å². The molecular formula is C5H3BrFN. The third-order valence-corrected chi connectivity index (χ3v) is 1.12. The lowest BCUT2D eigenvalue weighted by Crippen LogP contribution is -1.74. The minimum absolute atomic E-state index is 0.271. The first kappa shape index (κ1) is 5.69. The second-order valence-corrected chi connectivity index (χ2v) is 2.11. The van der Waals surface area contributed by atoms with Gasteiger partial charge >= 0.3 is 0 Å². The molecule has 0 saturated heterocycles. The van der Waals surface area contributed by atoms with Gasteiger partial charge in [0.25, 0.3) is 0 Å². The highest BCUT2D eigenvalue weighted by Crippen LogP contribution is 2.05. The minimum Gasteiger partial charge on any atom is -0.249 e. The van der Waals surface area contributed by atoms with Crippen LogP contribution in [0.4, 0.5) is 4.39 Å². The first-order chi connectivity index (χ1) is 3.79. The van der Waals surface area contributed by atoms with Gasteiger partial charge in [0.15, 0.2) is 0 Å². The second kappa shape index (κ2) is 2.22. The van der Waals surface area contributed by atoms with Crippen LogP contribution in [0.15, 0.2) is 22.9 Å². The molecule has 0 N–H and O–H groups in total. The Bertz CT molecular complexity index is 172. The van der Waals surface area contributed by atoms with Crippen LogP contribution in [-0.2, 0) is 0 Å². The van der Waals surface area contributed by atoms with Crippen LogP contribution in [-0.4, -0.2) is 4.98 Å². The Morgan fingerprint density at radius 1 is 1.62 bits per heavy atom. The summed E-state index contributed by atoms with van der Waals surface area (Å²) < 4.78 is 12.6. The van der Waals surface area contributed by atoms with Gasteiger partial charge in [-0.2, -0.15) is 0 Å². The largest absolute Gasteiger partial charge is 0.249 e. The molecule has 42 valence electrons. The van der Waals surface area contributed by atoms with Crippen molar-refractivity contribution < 1.29 is 4.39 Å². The molecule has 0 aliphatic rings. The van der Waals surface area contributed by atoms with Crippen molar-refractivity contribution in [3.05, 3.63) is 28.7 Å². The zero-order valence-corrected chi connectivity index (χ0v) is 5.52. The maximum atomic E-state index is 12.1. The average molecular weight is 176 g/mol. The van der Waals surface area contributed by atoms with Crippen LogP contribution in [0.2, 0.25) is 0 Å². The van der Waals surface area contributed by atoms with Gasteiger partial charge in [-0.3, -0.25) is 0 Å². The summed E-state index contributed by atoms with van der Waals surface area (Å²) >= 11 is 3.01. The summed E-state index contributed by atoms with van der Waals surface area (Å²) in [6.45, 7) is 0. The molecule has 0 bridgehead atoms. The zero-order valence-electron chi connectivity index (χ0n) is 3.94. The molecule has 0 atom stereocenters. The van der Waals surface area contributed by atoms with Gasteiger partial charge < -0.3 is 0 Å². The molecule has 0 aromatic carbocycles. The van der Waals surface area contributed by atoms with Gasteiger partial charge in [-0.1, -0.05) is 0 Å². The van der Waals surface area contributed by atoms with Crippen molar-refractivity contribution in [2.24, 2.45) is 0 Å². The van der Waals surface area contributed by atoms with Crippen LogP contribution >= 0.6 is 15.9 Å². The Labute approximate surface area is 54.7 Å². The van der Waals surface area contributed by atoms with E-state index < -0.39 is 0 Å². The maximum Gasteiger partial charge on any atom is 0.127 e. The number of halogens is 2. The highest BCUT2D eigenvalue weighted by Gasteiger charge is 1.87. The normalized spacial score (nSPS) is 9.25. The van der Waals surface area contributed by atoms with E-state index in [-0.39, 0.29) is 5.82 Å². The van der Waals surface area contributed by atoms with Crippen molar-refractivity contribution >= 4 is 15.9 Å². The maximum absolute atomic E-state index is 12.1. The fourth-order valence-electron chi connectivity index (χ4n) is 0.379. The van der Waals surface area contributed by atoms with E-state index in [0.29, 0.717) is 4.60 Å². The van der Waals surface area contributed by atoms with E-state index in [1.165, 1.54) is 18.3 Å². The zero-order chi connectivity index (χ0) is 5.98. The van der Waals surface area contributed by atoms with Crippen LogP contribution in [0.25, 0.3) is 0 Å². The number of aromatic nitrogens is 1. The van der Waals surface area contributed by atoms with E-state index in [4.69, 9.17) is 0 Å². The van der Waals surface area contributed by atoms with E-state index in [0.717, 1.165) is 0 Å². The third kappa shape index (κ3) is 1.26. The van der Waals surface area contributed by atoms with Gasteiger partial charge in [0.2, 0.25) is 0 Å². The van der Waals surface area contributed by atoms with Gasteiger partial charge in [0.05, 0.1) is 0 Å². The van der Waals surface area contributed by atoms with Crippen LogP contribution < -0.4 is 0 Å². The molecule has 0 spiro atoms. The van der Waals surface area contributed by atoms with Gasteiger partial charge in [0.1, 0.15) is 10.4 Å². The fraction of sp³-hybridized carbons (Fsp3) is 0. The van der Waals surface area contributed by atoms with E-state index in [1.54, 1.807) is 0 Å². The van der Waals surface area contributed by atoms with Crippen LogP contribution in [0.3, 0.4) is 0 Å². The molecule has 0 saturated carbocycles. The Morgan fingerprint density at radius 3 is 2.75 bits per heavy atom. The van der Waals surface area contributed by atoms with Gasteiger partial charge in [-0.05, 0) is 22.0 Å². The summed E-state index contributed by atoms with van der Waals surface area (Å²) in [6.07, 6.45) is 1.40. The van der Waals surface area contributed by atoms with Crippen LogP contribution in [0.1, 0.15) is 0 Å². The van der Waals surface area contributed by atoms with Gasteiger partial charge in [-0.25, -0.2) is 9.37 Å².